The zero-order valence-corrected chi connectivity index (χ0v) is 13.6. The van der Waals surface area contributed by atoms with Gasteiger partial charge >= 0.3 is 0 Å². The summed E-state index contributed by atoms with van der Waals surface area (Å²) in [5.74, 6) is 1.53. The molecule has 0 aliphatic rings. The second kappa shape index (κ2) is 6.28. The van der Waals surface area contributed by atoms with Crippen LogP contribution in [0.25, 0.3) is 0 Å². The maximum absolute atomic E-state index is 11.0. The summed E-state index contributed by atoms with van der Waals surface area (Å²) < 4.78 is 10.7. The molecular formula is C14H20BrNO3. The maximum Gasteiger partial charge on any atom is 0.287 e. The molecule has 0 saturated carbocycles. The molecule has 1 aromatic rings. The number of carbonyl (C=O) groups excluding carboxylic acids is 1. The molecule has 106 valence electrons. The predicted octanol–water partition coefficient (Wildman–Crippen LogP) is 3.39. The Balaban J connectivity index is 3.20. The quantitative estimate of drug-likeness (QED) is 0.665. The zero-order chi connectivity index (χ0) is 14.6. The largest absolute Gasteiger partial charge is 0.497 e. The van der Waals surface area contributed by atoms with Crippen LogP contribution in [0.3, 0.4) is 0 Å². The smallest absolute Gasteiger partial charge is 0.287 e. The van der Waals surface area contributed by atoms with Crippen molar-refractivity contribution in [3.05, 3.63) is 23.3 Å². The van der Waals surface area contributed by atoms with Crippen molar-refractivity contribution in [1.82, 2.24) is 5.32 Å². The van der Waals surface area contributed by atoms with Crippen LogP contribution in [0.4, 0.5) is 4.79 Å². The van der Waals surface area contributed by atoms with Crippen molar-refractivity contribution >= 4 is 20.7 Å². The number of carbonyl (C=O) groups is 1. The van der Waals surface area contributed by atoms with E-state index in [0.29, 0.717) is 6.54 Å². The first-order valence-corrected chi connectivity index (χ1v) is 6.77. The number of aryl methyl sites for hydroxylation is 1. The molecule has 0 radical (unpaired) electrons. The standard InChI is InChI=1S/C14H20BrNO3/c1-9-6-10(18-4)7-11(19-5)12(9)14(2,3)8-16-13(15)17/h6-7H,8H2,1-5H3,(H,16,17). The lowest BCUT2D eigenvalue weighted by atomic mass is 9.81. The first-order valence-electron chi connectivity index (χ1n) is 5.98. The summed E-state index contributed by atoms with van der Waals surface area (Å²) in [5.41, 5.74) is 1.90. The first-order chi connectivity index (χ1) is 8.81. The van der Waals surface area contributed by atoms with Gasteiger partial charge in [0.2, 0.25) is 0 Å². The number of ether oxygens (including phenoxy) is 2. The zero-order valence-electron chi connectivity index (χ0n) is 12.0. The van der Waals surface area contributed by atoms with Gasteiger partial charge in [0.1, 0.15) is 11.5 Å². The Morgan fingerprint density at radius 2 is 1.95 bits per heavy atom. The van der Waals surface area contributed by atoms with E-state index < -0.39 is 0 Å². The van der Waals surface area contributed by atoms with Gasteiger partial charge in [0.15, 0.2) is 0 Å². The molecule has 0 spiro atoms. The summed E-state index contributed by atoms with van der Waals surface area (Å²) in [6, 6.07) is 3.83. The normalized spacial score (nSPS) is 11.1. The summed E-state index contributed by atoms with van der Waals surface area (Å²) in [5, 5.41) is 2.78. The predicted molar refractivity (Wildman–Crippen MR) is 79.6 cm³/mol. The highest BCUT2D eigenvalue weighted by molar-refractivity contribution is 9.18. The average molecular weight is 330 g/mol. The van der Waals surface area contributed by atoms with Gasteiger partial charge in [-0.1, -0.05) is 13.8 Å². The minimum Gasteiger partial charge on any atom is -0.497 e. The molecule has 0 aliphatic carbocycles. The molecule has 0 saturated heterocycles. The fourth-order valence-corrected chi connectivity index (χ4v) is 2.39. The lowest BCUT2D eigenvalue weighted by molar-refractivity contribution is 0.259. The Morgan fingerprint density at radius 1 is 1.32 bits per heavy atom. The SMILES string of the molecule is COc1cc(C)c(C(C)(C)CNC(=O)Br)c(OC)c1. The van der Waals surface area contributed by atoms with Crippen LogP contribution in [0.15, 0.2) is 12.1 Å². The number of rotatable bonds is 5. The Labute approximate surface area is 122 Å². The molecule has 1 amide bonds. The first kappa shape index (κ1) is 15.8. The van der Waals surface area contributed by atoms with Crippen molar-refractivity contribution in [2.75, 3.05) is 20.8 Å². The Morgan fingerprint density at radius 3 is 2.42 bits per heavy atom. The maximum atomic E-state index is 11.0. The van der Waals surface area contributed by atoms with Crippen LogP contribution in [0, 0.1) is 6.92 Å². The summed E-state index contributed by atoms with van der Waals surface area (Å²) >= 11 is 2.88. The molecule has 5 heteroatoms. The van der Waals surface area contributed by atoms with E-state index in [2.05, 4.69) is 35.1 Å². The number of hydrogen-bond acceptors (Lipinski definition) is 3. The van der Waals surface area contributed by atoms with E-state index >= 15 is 0 Å². The molecule has 0 aliphatic heterocycles. The molecule has 1 aromatic carbocycles. The van der Waals surface area contributed by atoms with Gasteiger partial charge in [-0.05, 0) is 18.6 Å². The molecule has 0 bridgehead atoms. The molecule has 0 aromatic heterocycles. The second-order valence-electron chi connectivity index (χ2n) is 5.03. The minimum atomic E-state index is -0.245. The van der Waals surface area contributed by atoms with Crippen LogP contribution in [0.1, 0.15) is 25.0 Å². The van der Waals surface area contributed by atoms with E-state index in [1.807, 2.05) is 19.1 Å². The Hall–Kier alpha value is -1.23. The van der Waals surface area contributed by atoms with Crippen molar-refractivity contribution < 1.29 is 14.3 Å². The monoisotopic (exact) mass is 329 g/mol. The van der Waals surface area contributed by atoms with Gasteiger partial charge in [0, 0.05) is 39.5 Å². The molecule has 0 heterocycles. The van der Waals surface area contributed by atoms with Crippen LogP contribution in [0.2, 0.25) is 0 Å². The Kier molecular flexibility index (Phi) is 5.23. The summed E-state index contributed by atoms with van der Waals surface area (Å²) in [7, 11) is 3.26. The van der Waals surface area contributed by atoms with Gasteiger partial charge in [-0.15, -0.1) is 0 Å². The number of halogens is 1. The highest BCUT2D eigenvalue weighted by Gasteiger charge is 2.27. The van der Waals surface area contributed by atoms with Gasteiger partial charge < -0.3 is 14.8 Å². The molecule has 1 N–H and O–H groups in total. The van der Waals surface area contributed by atoms with Gasteiger partial charge in [-0.25, -0.2) is 0 Å². The minimum absolute atomic E-state index is 0.217. The van der Waals surface area contributed by atoms with Crippen LogP contribution < -0.4 is 14.8 Å². The molecule has 0 fully saturated rings. The lowest BCUT2D eigenvalue weighted by Crippen LogP contribution is -2.35. The molecule has 4 nitrogen and oxygen atoms in total. The number of benzene rings is 1. The van der Waals surface area contributed by atoms with E-state index in [1.54, 1.807) is 14.2 Å². The van der Waals surface area contributed by atoms with Crippen LogP contribution in [-0.4, -0.2) is 25.6 Å². The van der Waals surface area contributed by atoms with Gasteiger partial charge in [-0.2, -0.15) is 0 Å². The van der Waals surface area contributed by atoms with Crippen molar-refractivity contribution in [3.8, 4) is 11.5 Å². The summed E-state index contributed by atoms with van der Waals surface area (Å²) in [6.45, 7) is 6.65. The third-order valence-corrected chi connectivity index (χ3v) is 3.35. The third-order valence-electron chi connectivity index (χ3n) is 3.07. The van der Waals surface area contributed by atoms with Crippen molar-refractivity contribution in [2.45, 2.75) is 26.2 Å². The van der Waals surface area contributed by atoms with Crippen molar-refractivity contribution in [1.29, 1.82) is 0 Å². The van der Waals surface area contributed by atoms with Crippen LogP contribution in [-0.2, 0) is 5.41 Å². The third kappa shape index (κ3) is 3.86. The molecule has 0 unspecified atom stereocenters. The number of methoxy groups -OCH3 is 2. The number of amides is 1. The van der Waals surface area contributed by atoms with E-state index in [1.165, 1.54) is 0 Å². The van der Waals surface area contributed by atoms with Crippen LogP contribution in [0.5, 0.6) is 11.5 Å². The second-order valence-corrected chi connectivity index (χ2v) is 5.75. The molecule has 1 rings (SSSR count). The van der Waals surface area contributed by atoms with Gasteiger partial charge in [0.05, 0.1) is 14.2 Å². The average Bonchev–Trinajstić information content (AvgIpc) is 2.35. The number of nitrogens with one attached hydrogen (secondary N) is 1. The lowest BCUT2D eigenvalue weighted by Gasteiger charge is -2.29. The van der Waals surface area contributed by atoms with Gasteiger partial charge in [0.25, 0.3) is 4.82 Å². The fourth-order valence-electron chi connectivity index (χ4n) is 2.25. The van der Waals surface area contributed by atoms with E-state index in [-0.39, 0.29) is 10.2 Å². The Bertz CT molecular complexity index is 472. The van der Waals surface area contributed by atoms with Crippen LogP contribution >= 0.6 is 15.9 Å². The fraction of sp³-hybridized carbons (Fsp3) is 0.500. The van der Waals surface area contributed by atoms with Gasteiger partial charge in [-0.3, -0.25) is 4.79 Å². The van der Waals surface area contributed by atoms with E-state index in [4.69, 9.17) is 9.47 Å². The van der Waals surface area contributed by atoms with Crippen molar-refractivity contribution in [2.24, 2.45) is 0 Å². The number of hydrogen-bond donors (Lipinski definition) is 1. The van der Waals surface area contributed by atoms with E-state index in [9.17, 15) is 4.79 Å². The summed E-state index contributed by atoms with van der Waals surface area (Å²) in [4.78, 5) is 10.8. The molecule has 0 atom stereocenters. The summed E-state index contributed by atoms with van der Waals surface area (Å²) in [6.07, 6.45) is 0. The molecule has 19 heavy (non-hydrogen) atoms. The highest BCUT2D eigenvalue weighted by Crippen LogP contribution is 2.37. The molecular weight excluding hydrogens is 310 g/mol. The van der Waals surface area contributed by atoms with Crippen molar-refractivity contribution in [3.63, 3.8) is 0 Å². The van der Waals surface area contributed by atoms with E-state index in [0.717, 1.165) is 22.6 Å². The highest BCUT2D eigenvalue weighted by atomic mass is 79.9. The topological polar surface area (TPSA) is 47.6 Å².